The smallest absolute Gasteiger partial charge is 0.261 e. The zero-order valence-electron chi connectivity index (χ0n) is 16.5. The van der Waals surface area contributed by atoms with Gasteiger partial charge in [-0.1, -0.05) is 12.1 Å². The summed E-state index contributed by atoms with van der Waals surface area (Å²) in [7, 11) is 5.45. The first-order valence-electron chi connectivity index (χ1n) is 8.97. The first-order chi connectivity index (χ1) is 13.4. The number of aromatic amines is 1. The minimum absolute atomic E-state index is 0.178. The van der Waals surface area contributed by atoms with Crippen LogP contribution < -0.4 is 15.6 Å². The first-order valence-corrected chi connectivity index (χ1v) is 9.79. The maximum Gasteiger partial charge on any atom is 0.261 e. The lowest BCUT2D eigenvalue weighted by Gasteiger charge is -2.07. The van der Waals surface area contributed by atoms with Gasteiger partial charge in [0, 0.05) is 6.54 Å². The number of benzene rings is 1. The van der Waals surface area contributed by atoms with Crippen molar-refractivity contribution in [1.82, 2.24) is 20.2 Å². The summed E-state index contributed by atoms with van der Waals surface area (Å²) in [5, 5.41) is 3.43. The Balaban J connectivity index is 1.73. The highest BCUT2D eigenvalue weighted by Gasteiger charge is 2.19. The van der Waals surface area contributed by atoms with E-state index in [2.05, 4.69) is 15.3 Å². The number of fused-ring (bicyclic) bond motifs is 1. The van der Waals surface area contributed by atoms with Crippen molar-refractivity contribution in [2.24, 2.45) is 0 Å². The molecule has 148 valence electrons. The molecule has 2 aromatic heterocycles. The summed E-state index contributed by atoms with van der Waals surface area (Å²) in [6, 6.07) is 7.75. The summed E-state index contributed by atoms with van der Waals surface area (Å²) >= 11 is 1.26. The summed E-state index contributed by atoms with van der Waals surface area (Å²) in [6.45, 7) is 2.83. The molecule has 2 N–H and O–H groups in total. The largest absolute Gasteiger partial charge is 0.497 e. The predicted octanol–water partition coefficient (Wildman–Crippen LogP) is 2.34. The van der Waals surface area contributed by atoms with Gasteiger partial charge in [0.2, 0.25) is 0 Å². The number of H-pyrrole nitrogens is 1. The van der Waals surface area contributed by atoms with E-state index in [0.29, 0.717) is 46.0 Å². The third-order valence-electron chi connectivity index (χ3n) is 4.38. The second kappa shape index (κ2) is 8.53. The molecule has 0 bridgehead atoms. The SMILES string of the molecule is COc1ccc(CCNC(=O)c2sc3nc(CN(C)C)[nH]c(=O)c3c2C)cc1. The first kappa shape index (κ1) is 20.0. The maximum absolute atomic E-state index is 12.6. The highest BCUT2D eigenvalue weighted by atomic mass is 32.1. The number of methoxy groups -OCH3 is 1. The van der Waals surface area contributed by atoms with Gasteiger partial charge in [-0.2, -0.15) is 0 Å². The predicted molar refractivity (Wildman–Crippen MR) is 111 cm³/mol. The molecule has 1 amide bonds. The molecule has 0 aliphatic rings. The van der Waals surface area contributed by atoms with Crippen LogP contribution in [0, 0.1) is 6.92 Å². The lowest BCUT2D eigenvalue weighted by atomic mass is 10.1. The Morgan fingerprint density at radius 2 is 2.00 bits per heavy atom. The maximum atomic E-state index is 12.6. The standard InChI is InChI=1S/C20H24N4O3S/c1-12-16-18(25)22-15(11-24(2)3)23-20(16)28-17(12)19(26)21-10-9-13-5-7-14(27-4)8-6-13/h5-8H,9-11H2,1-4H3,(H,21,26)(H,22,23,25). The van der Waals surface area contributed by atoms with Crippen molar-refractivity contribution in [2.75, 3.05) is 27.7 Å². The summed E-state index contributed by atoms with van der Waals surface area (Å²) in [5.74, 6) is 1.22. The van der Waals surface area contributed by atoms with Gasteiger partial charge in [0.05, 0.1) is 23.9 Å². The van der Waals surface area contributed by atoms with Crippen molar-refractivity contribution in [2.45, 2.75) is 19.9 Å². The van der Waals surface area contributed by atoms with Gasteiger partial charge >= 0.3 is 0 Å². The van der Waals surface area contributed by atoms with Gasteiger partial charge in [-0.15, -0.1) is 11.3 Å². The summed E-state index contributed by atoms with van der Waals surface area (Å²) < 4.78 is 5.15. The number of nitrogens with one attached hydrogen (secondary N) is 2. The summed E-state index contributed by atoms with van der Waals surface area (Å²) in [6.07, 6.45) is 0.714. The van der Waals surface area contributed by atoms with Crippen LogP contribution in [0.15, 0.2) is 29.1 Å². The van der Waals surface area contributed by atoms with E-state index in [4.69, 9.17) is 4.74 Å². The Morgan fingerprint density at radius 3 is 2.64 bits per heavy atom. The lowest BCUT2D eigenvalue weighted by Crippen LogP contribution is -2.25. The Kier molecular flexibility index (Phi) is 6.11. The van der Waals surface area contributed by atoms with Crippen molar-refractivity contribution in [1.29, 1.82) is 0 Å². The molecule has 0 aliphatic carbocycles. The van der Waals surface area contributed by atoms with Crippen LogP contribution in [0.3, 0.4) is 0 Å². The highest BCUT2D eigenvalue weighted by molar-refractivity contribution is 7.20. The summed E-state index contributed by atoms with van der Waals surface area (Å²) in [4.78, 5) is 35.4. The molecule has 3 aromatic rings. The fourth-order valence-electron chi connectivity index (χ4n) is 2.97. The van der Waals surface area contributed by atoms with Crippen molar-refractivity contribution in [3.8, 4) is 5.75 Å². The van der Waals surface area contributed by atoms with Gasteiger partial charge in [-0.05, 0) is 50.7 Å². The quantitative estimate of drug-likeness (QED) is 0.636. The van der Waals surface area contributed by atoms with Gasteiger partial charge in [0.15, 0.2) is 0 Å². The van der Waals surface area contributed by atoms with E-state index < -0.39 is 0 Å². The van der Waals surface area contributed by atoms with Crippen LogP contribution in [-0.4, -0.2) is 48.5 Å². The number of hydrogen-bond acceptors (Lipinski definition) is 6. The van der Waals surface area contributed by atoms with E-state index in [9.17, 15) is 9.59 Å². The molecule has 0 spiro atoms. The van der Waals surface area contributed by atoms with Crippen LogP contribution in [0.5, 0.6) is 5.75 Å². The van der Waals surface area contributed by atoms with Crippen molar-refractivity contribution < 1.29 is 9.53 Å². The van der Waals surface area contributed by atoms with Gasteiger partial charge in [-0.3, -0.25) is 9.59 Å². The molecule has 7 nitrogen and oxygen atoms in total. The van der Waals surface area contributed by atoms with Crippen LogP contribution in [0.4, 0.5) is 0 Å². The number of carbonyl (C=O) groups excluding carboxylic acids is 1. The summed E-state index contributed by atoms with van der Waals surface area (Å²) in [5.41, 5.74) is 1.58. The van der Waals surface area contributed by atoms with E-state index in [1.165, 1.54) is 11.3 Å². The second-order valence-corrected chi connectivity index (χ2v) is 7.84. The number of carbonyl (C=O) groups is 1. The molecule has 0 aliphatic heterocycles. The highest BCUT2D eigenvalue weighted by Crippen LogP contribution is 2.27. The minimum atomic E-state index is -0.201. The topological polar surface area (TPSA) is 87.3 Å². The molecule has 28 heavy (non-hydrogen) atoms. The molecule has 2 heterocycles. The molecule has 0 fully saturated rings. The van der Waals surface area contributed by atoms with Gasteiger partial charge in [0.1, 0.15) is 16.4 Å². The van der Waals surface area contributed by atoms with E-state index in [1.54, 1.807) is 14.0 Å². The Morgan fingerprint density at radius 1 is 1.29 bits per heavy atom. The van der Waals surface area contributed by atoms with Crippen molar-refractivity contribution in [3.63, 3.8) is 0 Å². The van der Waals surface area contributed by atoms with E-state index in [1.807, 2.05) is 43.3 Å². The van der Waals surface area contributed by atoms with E-state index >= 15 is 0 Å². The molecule has 0 atom stereocenters. The van der Waals surface area contributed by atoms with E-state index in [0.717, 1.165) is 11.3 Å². The van der Waals surface area contributed by atoms with Gasteiger partial charge in [-0.25, -0.2) is 4.98 Å². The third-order valence-corrected chi connectivity index (χ3v) is 5.56. The monoisotopic (exact) mass is 400 g/mol. The number of aromatic nitrogens is 2. The van der Waals surface area contributed by atoms with Crippen LogP contribution in [0.25, 0.3) is 10.2 Å². The van der Waals surface area contributed by atoms with Crippen LogP contribution in [0.2, 0.25) is 0 Å². The molecule has 1 aromatic carbocycles. The number of ether oxygens (including phenoxy) is 1. The van der Waals surface area contributed by atoms with Crippen LogP contribution in [-0.2, 0) is 13.0 Å². The average molecular weight is 401 g/mol. The van der Waals surface area contributed by atoms with Crippen molar-refractivity contribution >= 4 is 27.5 Å². The Bertz CT molecular complexity index is 1040. The van der Waals surface area contributed by atoms with E-state index in [-0.39, 0.29) is 11.5 Å². The number of aryl methyl sites for hydroxylation is 1. The number of nitrogens with zero attached hydrogens (tertiary/aromatic N) is 2. The molecule has 0 saturated heterocycles. The average Bonchev–Trinajstić information content (AvgIpc) is 2.98. The number of hydrogen-bond donors (Lipinski definition) is 2. The Hall–Kier alpha value is -2.71. The zero-order chi connectivity index (χ0) is 20.3. The van der Waals surface area contributed by atoms with Crippen LogP contribution in [0.1, 0.15) is 26.6 Å². The fraction of sp³-hybridized carbons (Fsp3) is 0.350. The number of thiophene rings is 1. The lowest BCUT2D eigenvalue weighted by molar-refractivity contribution is 0.0957. The number of amides is 1. The molecular formula is C20H24N4O3S. The molecule has 0 unspecified atom stereocenters. The molecule has 0 radical (unpaired) electrons. The fourth-order valence-corrected chi connectivity index (χ4v) is 4.09. The molecular weight excluding hydrogens is 376 g/mol. The normalized spacial score (nSPS) is 11.2. The second-order valence-electron chi connectivity index (χ2n) is 6.84. The minimum Gasteiger partial charge on any atom is -0.497 e. The third kappa shape index (κ3) is 4.40. The number of rotatable bonds is 7. The molecule has 3 rings (SSSR count). The molecule has 8 heteroatoms. The Labute approximate surface area is 167 Å². The zero-order valence-corrected chi connectivity index (χ0v) is 17.3. The van der Waals surface area contributed by atoms with Crippen molar-refractivity contribution in [3.05, 3.63) is 56.4 Å². The van der Waals surface area contributed by atoms with Crippen LogP contribution >= 0.6 is 11.3 Å². The van der Waals surface area contributed by atoms with Gasteiger partial charge < -0.3 is 19.9 Å². The molecule has 0 saturated carbocycles. The van der Waals surface area contributed by atoms with Gasteiger partial charge in [0.25, 0.3) is 11.5 Å².